The first-order valence-corrected chi connectivity index (χ1v) is 4.56. The number of alkyl halides is 1. The molecule has 0 heterocycles. The van der Waals surface area contributed by atoms with Crippen molar-refractivity contribution in [2.24, 2.45) is 0 Å². The van der Waals surface area contributed by atoms with Crippen LogP contribution in [-0.4, -0.2) is 11.0 Å². The molecular weight excluding hydrogens is 227 g/mol. The van der Waals surface area contributed by atoms with Crippen LogP contribution in [0.3, 0.4) is 0 Å². The van der Waals surface area contributed by atoms with Gasteiger partial charge in [0.05, 0.1) is 12.0 Å². The van der Waals surface area contributed by atoms with E-state index in [-0.39, 0.29) is 5.88 Å². The minimum Gasteiger partial charge on any atom is -0.387 e. The highest BCUT2D eigenvalue weighted by Crippen LogP contribution is 2.17. The maximum absolute atomic E-state index is 9.27. The Balaban J connectivity index is 2.81. The maximum atomic E-state index is 9.27. The van der Waals surface area contributed by atoms with E-state index in [1.165, 1.54) is 0 Å². The van der Waals surface area contributed by atoms with Gasteiger partial charge in [-0.3, -0.25) is 0 Å². The SMILES string of the molecule is O[C@H](CCl)c1ccc(Br)cc1. The number of hydrogen-bond acceptors (Lipinski definition) is 1. The van der Waals surface area contributed by atoms with Crippen LogP contribution in [-0.2, 0) is 0 Å². The second kappa shape index (κ2) is 4.10. The van der Waals surface area contributed by atoms with Gasteiger partial charge in [-0.05, 0) is 17.7 Å². The third kappa shape index (κ3) is 2.47. The summed E-state index contributed by atoms with van der Waals surface area (Å²) in [5.41, 5.74) is 0.850. The third-order valence-corrected chi connectivity index (χ3v) is 2.22. The van der Waals surface area contributed by atoms with Gasteiger partial charge >= 0.3 is 0 Å². The molecule has 1 atom stereocenters. The van der Waals surface area contributed by atoms with Crippen molar-refractivity contribution in [2.75, 3.05) is 5.88 Å². The fourth-order valence-electron chi connectivity index (χ4n) is 0.774. The van der Waals surface area contributed by atoms with Crippen LogP contribution >= 0.6 is 27.5 Å². The van der Waals surface area contributed by atoms with Gasteiger partial charge in [0.2, 0.25) is 0 Å². The molecule has 0 radical (unpaired) electrons. The minimum absolute atomic E-state index is 0.238. The first kappa shape index (κ1) is 9.04. The average Bonchev–Trinajstić information content (AvgIpc) is 2.05. The standard InChI is InChI=1S/C8H8BrClO/c9-7-3-1-6(2-4-7)8(11)5-10/h1-4,8,11H,5H2/t8-/m1/s1. The molecule has 0 aromatic heterocycles. The molecule has 1 aromatic rings. The predicted octanol–water partition coefficient (Wildman–Crippen LogP) is 2.72. The van der Waals surface area contributed by atoms with Gasteiger partial charge in [0.1, 0.15) is 0 Å². The molecule has 0 spiro atoms. The highest BCUT2D eigenvalue weighted by atomic mass is 79.9. The van der Waals surface area contributed by atoms with E-state index >= 15 is 0 Å². The monoisotopic (exact) mass is 234 g/mol. The fourth-order valence-corrected chi connectivity index (χ4v) is 1.22. The predicted molar refractivity (Wildman–Crippen MR) is 49.8 cm³/mol. The molecule has 11 heavy (non-hydrogen) atoms. The minimum atomic E-state index is -0.551. The molecule has 60 valence electrons. The number of aliphatic hydroxyl groups excluding tert-OH is 1. The molecule has 0 unspecified atom stereocenters. The summed E-state index contributed by atoms with van der Waals surface area (Å²) in [5, 5.41) is 9.27. The summed E-state index contributed by atoms with van der Waals surface area (Å²) in [6.07, 6.45) is -0.551. The fraction of sp³-hybridized carbons (Fsp3) is 0.250. The molecule has 1 N–H and O–H groups in total. The maximum Gasteiger partial charge on any atom is 0.0925 e. The molecule has 0 fully saturated rings. The Hall–Kier alpha value is -0.0500. The summed E-state index contributed by atoms with van der Waals surface area (Å²) in [6.45, 7) is 0. The lowest BCUT2D eigenvalue weighted by Crippen LogP contribution is -1.97. The van der Waals surface area contributed by atoms with Gasteiger partial charge in [-0.15, -0.1) is 11.6 Å². The van der Waals surface area contributed by atoms with Crippen molar-refractivity contribution in [3.8, 4) is 0 Å². The van der Waals surface area contributed by atoms with Crippen LogP contribution in [0.2, 0.25) is 0 Å². The summed E-state index contributed by atoms with van der Waals surface area (Å²) in [5.74, 6) is 0.238. The van der Waals surface area contributed by atoms with E-state index in [9.17, 15) is 5.11 Å². The first-order valence-electron chi connectivity index (χ1n) is 3.23. The van der Waals surface area contributed by atoms with E-state index in [0.29, 0.717) is 0 Å². The van der Waals surface area contributed by atoms with Crippen LogP contribution < -0.4 is 0 Å². The number of halogens is 2. The molecule has 1 aromatic carbocycles. The Morgan fingerprint density at radius 1 is 1.36 bits per heavy atom. The average molecular weight is 236 g/mol. The topological polar surface area (TPSA) is 20.2 Å². The lowest BCUT2D eigenvalue weighted by Gasteiger charge is -2.05. The molecule has 1 nitrogen and oxygen atoms in total. The number of benzene rings is 1. The van der Waals surface area contributed by atoms with Crippen molar-refractivity contribution < 1.29 is 5.11 Å². The summed E-state index contributed by atoms with van der Waals surface area (Å²) in [7, 11) is 0. The van der Waals surface area contributed by atoms with E-state index < -0.39 is 6.10 Å². The van der Waals surface area contributed by atoms with Crippen molar-refractivity contribution in [1.82, 2.24) is 0 Å². The number of aliphatic hydroxyl groups is 1. The van der Waals surface area contributed by atoms with Gasteiger partial charge in [0, 0.05) is 4.47 Å². The molecule has 3 heteroatoms. The van der Waals surface area contributed by atoms with Crippen LogP contribution in [0, 0.1) is 0 Å². The molecule has 0 bridgehead atoms. The van der Waals surface area contributed by atoms with Crippen molar-refractivity contribution in [2.45, 2.75) is 6.10 Å². The zero-order valence-electron chi connectivity index (χ0n) is 5.80. The van der Waals surface area contributed by atoms with Crippen molar-refractivity contribution in [3.05, 3.63) is 34.3 Å². The molecule has 0 aliphatic carbocycles. The molecule has 0 saturated carbocycles. The largest absolute Gasteiger partial charge is 0.387 e. The summed E-state index contributed by atoms with van der Waals surface area (Å²) in [6, 6.07) is 7.45. The normalized spacial score (nSPS) is 13.0. The van der Waals surface area contributed by atoms with E-state index in [0.717, 1.165) is 10.0 Å². The van der Waals surface area contributed by atoms with Crippen molar-refractivity contribution in [1.29, 1.82) is 0 Å². The highest BCUT2D eigenvalue weighted by molar-refractivity contribution is 9.10. The summed E-state index contributed by atoms with van der Waals surface area (Å²) < 4.78 is 1.00. The van der Waals surface area contributed by atoms with Crippen molar-refractivity contribution in [3.63, 3.8) is 0 Å². The van der Waals surface area contributed by atoms with Crippen LogP contribution in [0.25, 0.3) is 0 Å². The molecule has 0 saturated heterocycles. The van der Waals surface area contributed by atoms with Crippen LogP contribution in [0.15, 0.2) is 28.7 Å². The van der Waals surface area contributed by atoms with E-state index in [1.54, 1.807) is 0 Å². The molecule has 0 amide bonds. The summed E-state index contributed by atoms with van der Waals surface area (Å²) in [4.78, 5) is 0. The number of hydrogen-bond donors (Lipinski definition) is 1. The molecular formula is C8H8BrClO. The first-order chi connectivity index (χ1) is 5.24. The summed E-state index contributed by atoms with van der Waals surface area (Å²) >= 11 is 8.77. The lowest BCUT2D eigenvalue weighted by atomic mass is 10.1. The number of rotatable bonds is 2. The zero-order chi connectivity index (χ0) is 8.27. The Morgan fingerprint density at radius 2 is 1.91 bits per heavy atom. The molecule has 1 rings (SSSR count). The van der Waals surface area contributed by atoms with Gasteiger partial charge in [-0.1, -0.05) is 28.1 Å². The van der Waals surface area contributed by atoms with Gasteiger partial charge in [-0.2, -0.15) is 0 Å². The van der Waals surface area contributed by atoms with Gasteiger partial charge < -0.3 is 5.11 Å². The quantitative estimate of drug-likeness (QED) is 0.782. The Morgan fingerprint density at radius 3 is 2.36 bits per heavy atom. The van der Waals surface area contributed by atoms with Crippen LogP contribution in [0.1, 0.15) is 11.7 Å². The molecule has 0 aliphatic rings. The van der Waals surface area contributed by atoms with E-state index in [4.69, 9.17) is 11.6 Å². The van der Waals surface area contributed by atoms with Crippen LogP contribution in [0.5, 0.6) is 0 Å². The lowest BCUT2D eigenvalue weighted by molar-refractivity contribution is 0.202. The highest BCUT2D eigenvalue weighted by Gasteiger charge is 2.03. The third-order valence-electron chi connectivity index (χ3n) is 1.40. The van der Waals surface area contributed by atoms with E-state index in [1.807, 2.05) is 24.3 Å². The molecule has 0 aliphatic heterocycles. The van der Waals surface area contributed by atoms with Crippen molar-refractivity contribution >= 4 is 27.5 Å². The second-order valence-electron chi connectivity index (χ2n) is 2.22. The Labute approximate surface area is 79.1 Å². The zero-order valence-corrected chi connectivity index (χ0v) is 8.14. The van der Waals surface area contributed by atoms with Crippen LogP contribution in [0.4, 0.5) is 0 Å². The van der Waals surface area contributed by atoms with E-state index in [2.05, 4.69) is 15.9 Å². The second-order valence-corrected chi connectivity index (χ2v) is 3.45. The Kier molecular flexibility index (Phi) is 3.37. The Bertz CT molecular complexity index is 222. The van der Waals surface area contributed by atoms with Gasteiger partial charge in [0.15, 0.2) is 0 Å². The van der Waals surface area contributed by atoms with Gasteiger partial charge in [0.25, 0.3) is 0 Å². The van der Waals surface area contributed by atoms with Gasteiger partial charge in [-0.25, -0.2) is 0 Å². The smallest absolute Gasteiger partial charge is 0.0925 e.